The normalized spacial score (nSPS) is 12.7. The van der Waals surface area contributed by atoms with Gasteiger partial charge in [0, 0.05) is 0 Å². The molecule has 0 N–H and O–H groups in total. The minimum atomic E-state index is -1.88. The third-order valence-electron chi connectivity index (χ3n) is 9.60. The fraction of sp³-hybridized carbons (Fsp3) is 0.500. The number of benzene rings is 4. The molecule has 0 atom stereocenters. The summed E-state index contributed by atoms with van der Waals surface area (Å²) in [5.74, 6) is 3.71. The summed E-state index contributed by atoms with van der Waals surface area (Å²) in [4.78, 5) is 0. The average Bonchev–Trinajstić information content (AvgIpc) is 3.09. The molecule has 5 nitrogen and oxygen atoms in total. The van der Waals surface area contributed by atoms with Gasteiger partial charge in [-0.1, -0.05) is 132 Å². The number of rotatable bonds is 14. The molecule has 298 valence electrons. The van der Waals surface area contributed by atoms with Crippen LogP contribution in [0.1, 0.15) is 133 Å². The van der Waals surface area contributed by atoms with Crippen molar-refractivity contribution in [3.8, 4) is 23.0 Å². The van der Waals surface area contributed by atoms with Crippen LogP contribution in [0, 0.1) is 0 Å². The molecule has 0 aliphatic carbocycles. The molecule has 55 heavy (non-hydrogen) atoms. The first-order valence-corrected chi connectivity index (χ1v) is 23.0. The molecule has 4 aromatic carbocycles. The fourth-order valence-corrected chi connectivity index (χ4v) is 12.2. The van der Waals surface area contributed by atoms with E-state index in [2.05, 4.69) is 156 Å². The average molecular weight is 781 g/mol. The van der Waals surface area contributed by atoms with E-state index in [9.17, 15) is 0 Å². The Balaban J connectivity index is 2.10. The van der Waals surface area contributed by atoms with Gasteiger partial charge in [-0.25, -0.2) is 0 Å². The summed E-state index contributed by atoms with van der Waals surface area (Å²) in [6.07, 6.45) is 0. The first-order chi connectivity index (χ1) is 25.6. The van der Waals surface area contributed by atoms with E-state index in [0.717, 1.165) is 23.0 Å². The molecule has 0 aliphatic heterocycles. The predicted octanol–water partition coefficient (Wildman–Crippen LogP) is 9.40. The number of ether oxygens (including phenoxy) is 4. The third-order valence-corrected chi connectivity index (χ3v) is 14.6. The van der Waals surface area contributed by atoms with Crippen LogP contribution in [0.2, 0.25) is 0 Å². The summed E-state index contributed by atoms with van der Waals surface area (Å²) in [7, 11) is -3.76. The van der Waals surface area contributed by atoms with Crippen molar-refractivity contribution in [3.05, 3.63) is 95.1 Å². The van der Waals surface area contributed by atoms with Crippen LogP contribution in [-0.4, -0.2) is 44.5 Å². The first-order valence-electron chi connectivity index (χ1n) is 20.2. The van der Waals surface area contributed by atoms with Crippen LogP contribution >= 0.6 is 0 Å². The Kier molecular flexibility index (Phi) is 14.2. The van der Waals surface area contributed by atoms with Gasteiger partial charge in [0.15, 0.2) is 0 Å². The summed E-state index contributed by atoms with van der Waals surface area (Å²) in [5, 5.41) is 4.76. The summed E-state index contributed by atoms with van der Waals surface area (Å²) < 4.78 is 32.8. The molecule has 0 aromatic heterocycles. The van der Waals surface area contributed by atoms with Gasteiger partial charge in [-0.05, 0) is 117 Å². The molecule has 7 heteroatoms. The highest BCUT2D eigenvalue weighted by Crippen LogP contribution is 2.35. The van der Waals surface area contributed by atoms with Crippen LogP contribution in [0.5, 0.6) is 23.0 Å². The van der Waals surface area contributed by atoms with Crippen LogP contribution in [0.4, 0.5) is 0 Å². The van der Waals surface area contributed by atoms with E-state index in [1.807, 2.05) is 27.7 Å². The minimum Gasteiger partial charge on any atom is -0.494 e. The second-order valence-corrected chi connectivity index (χ2v) is 22.8. The smallest absolute Gasteiger partial charge is 0.272 e. The number of hydrogen-bond donors (Lipinski definition) is 0. The van der Waals surface area contributed by atoms with Crippen molar-refractivity contribution in [2.24, 2.45) is 0 Å². The van der Waals surface area contributed by atoms with Crippen molar-refractivity contribution in [2.45, 2.75) is 132 Å². The largest absolute Gasteiger partial charge is 0.494 e. The lowest BCUT2D eigenvalue weighted by atomic mass is 9.86. The zero-order valence-corrected chi connectivity index (χ0v) is 38.8. The van der Waals surface area contributed by atoms with Crippen LogP contribution in [0.15, 0.2) is 72.8 Å². The molecular weight excluding hydrogens is 713 g/mol. The van der Waals surface area contributed by atoms with Gasteiger partial charge in [-0.3, -0.25) is 0 Å². The molecule has 2 radical (unpaired) electrons. The van der Waals surface area contributed by atoms with Crippen molar-refractivity contribution in [3.63, 3.8) is 0 Å². The Labute approximate surface area is 337 Å². The maximum absolute atomic E-state index is 7.91. The SMILES string of the molecule is CCOc1ccc([Si](O[Si](c2ccc(OCC)c(C(C)(C)C)c2)c2ccc(OCC)c(C(C)(C)C)c2)c2ccc(OCC)c(C(C)(C)C)c2)cc1C(C)(C)C. The summed E-state index contributed by atoms with van der Waals surface area (Å²) in [5.41, 5.74) is 4.19. The highest BCUT2D eigenvalue weighted by Gasteiger charge is 2.34. The van der Waals surface area contributed by atoms with Crippen molar-refractivity contribution < 1.29 is 23.1 Å². The van der Waals surface area contributed by atoms with E-state index in [1.54, 1.807) is 0 Å². The summed E-state index contributed by atoms with van der Waals surface area (Å²) in [6.45, 7) is 37.7. The highest BCUT2D eigenvalue weighted by molar-refractivity contribution is 6.91. The molecule has 0 bridgehead atoms. The van der Waals surface area contributed by atoms with Crippen LogP contribution < -0.4 is 39.7 Å². The van der Waals surface area contributed by atoms with Crippen LogP contribution in [0.25, 0.3) is 0 Å². The molecule has 4 aromatic rings. The second kappa shape index (κ2) is 17.7. The zero-order chi connectivity index (χ0) is 40.9. The standard InChI is InChI=1S/C48H68O5Si2/c1-17-49-41-25-21-33(29-37(41)45(5,6)7)54(34-22-26-42(50-18-2)38(30-34)46(8,9)10)53-55(35-23-27-43(51-19-3)39(31-35)47(11,12)13)36-24-28-44(52-20-4)40(32-36)48(14,15)16/h21-32H,17-20H2,1-16H3. The Bertz CT molecular complexity index is 1620. The van der Waals surface area contributed by atoms with Gasteiger partial charge < -0.3 is 23.1 Å². The van der Waals surface area contributed by atoms with Crippen LogP contribution in [0.3, 0.4) is 0 Å². The molecule has 0 spiro atoms. The van der Waals surface area contributed by atoms with E-state index in [0.29, 0.717) is 26.4 Å². The van der Waals surface area contributed by atoms with Gasteiger partial charge in [-0.15, -0.1) is 0 Å². The van der Waals surface area contributed by atoms with Gasteiger partial charge in [-0.2, -0.15) is 0 Å². The van der Waals surface area contributed by atoms with Gasteiger partial charge >= 0.3 is 0 Å². The molecule has 0 saturated heterocycles. The van der Waals surface area contributed by atoms with Gasteiger partial charge in [0.25, 0.3) is 18.1 Å². The highest BCUT2D eigenvalue weighted by atomic mass is 28.4. The zero-order valence-electron chi connectivity index (χ0n) is 36.8. The Morgan fingerprint density at radius 1 is 0.345 bits per heavy atom. The lowest BCUT2D eigenvalue weighted by Crippen LogP contribution is -2.56. The van der Waals surface area contributed by atoms with Gasteiger partial charge in [0.05, 0.1) is 26.4 Å². The fourth-order valence-electron chi connectivity index (χ4n) is 6.83. The van der Waals surface area contributed by atoms with Crippen molar-refractivity contribution in [1.82, 2.24) is 0 Å². The van der Waals surface area contributed by atoms with E-state index in [1.165, 1.54) is 43.0 Å². The van der Waals surface area contributed by atoms with E-state index < -0.39 is 18.1 Å². The van der Waals surface area contributed by atoms with E-state index in [4.69, 9.17) is 23.1 Å². The molecule has 0 aliphatic rings. The van der Waals surface area contributed by atoms with E-state index >= 15 is 0 Å². The summed E-state index contributed by atoms with van der Waals surface area (Å²) >= 11 is 0. The molecule has 0 saturated carbocycles. The van der Waals surface area contributed by atoms with Gasteiger partial charge in [0.2, 0.25) is 0 Å². The predicted molar refractivity (Wildman–Crippen MR) is 236 cm³/mol. The second-order valence-electron chi connectivity index (χ2n) is 18.3. The van der Waals surface area contributed by atoms with E-state index in [-0.39, 0.29) is 21.7 Å². The van der Waals surface area contributed by atoms with Crippen molar-refractivity contribution in [2.75, 3.05) is 26.4 Å². The van der Waals surface area contributed by atoms with Gasteiger partial charge in [0.1, 0.15) is 23.0 Å². The third kappa shape index (κ3) is 10.9. The molecule has 0 heterocycles. The molecular formula is C48H68O5Si2. The molecule has 4 rings (SSSR count). The van der Waals surface area contributed by atoms with Crippen LogP contribution in [-0.2, 0) is 25.8 Å². The monoisotopic (exact) mass is 780 g/mol. The minimum absolute atomic E-state index is 0.135. The maximum Gasteiger partial charge on any atom is 0.272 e. The maximum atomic E-state index is 7.91. The van der Waals surface area contributed by atoms with Crippen molar-refractivity contribution in [1.29, 1.82) is 0 Å². The molecule has 0 amide bonds. The lowest BCUT2D eigenvalue weighted by molar-refractivity contribution is 0.329. The molecule has 0 unspecified atom stereocenters. The quantitative estimate of drug-likeness (QED) is 0.119. The lowest BCUT2D eigenvalue weighted by Gasteiger charge is -2.30. The topological polar surface area (TPSA) is 46.2 Å². The Hall–Kier alpha value is -3.53. The first kappa shape index (κ1) is 44.2. The Morgan fingerprint density at radius 2 is 0.545 bits per heavy atom. The van der Waals surface area contributed by atoms with Crippen molar-refractivity contribution >= 4 is 38.8 Å². The molecule has 0 fully saturated rings. The summed E-state index contributed by atoms with van der Waals surface area (Å²) in [6, 6.07) is 27.0. The Morgan fingerprint density at radius 3 is 0.709 bits per heavy atom. The number of hydrogen-bond acceptors (Lipinski definition) is 5.